The van der Waals surface area contributed by atoms with E-state index in [-0.39, 0.29) is 11.5 Å². The van der Waals surface area contributed by atoms with Crippen molar-refractivity contribution in [2.75, 3.05) is 12.8 Å². The number of benzene rings is 1. The van der Waals surface area contributed by atoms with Crippen molar-refractivity contribution >= 4 is 11.8 Å². The SMILES string of the molecule is CSc1ccc(-c2noc(C3NCCCC3(C)C)n2)cc1. The first kappa shape index (κ1) is 14.6. The van der Waals surface area contributed by atoms with Crippen LogP contribution < -0.4 is 5.32 Å². The van der Waals surface area contributed by atoms with Crippen LogP contribution in [0.1, 0.15) is 38.6 Å². The molecular formula is C16H21N3OS. The van der Waals surface area contributed by atoms with Gasteiger partial charge in [-0.15, -0.1) is 11.8 Å². The summed E-state index contributed by atoms with van der Waals surface area (Å²) in [6.45, 7) is 5.51. The van der Waals surface area contributed by atoms with E-state index in [1.165, 1.54) is 17.7 Å². The predicted molar refractivity (Wildman–Crippen MR) is 85.3 cm³/mol. The quantitative estimate of drug-likeness (QED) is 0.871. The predicted octanol–water partition coefficient (Wildman–Crippen LogP) is 3.91. The minimum atomic E-state index is 0.137. The molecule has 1 fully saturated rings. The number of piperidine rings is 1. The Hall–Kier alpha value is -1.33. The summed E-state index contributed by atoms with van der Waals surface area (Å²) in [7, 11) is 0. The van der Waals surface area contributed by atoms with Crippen molar-refractivity contribution < 1.29 is 4.52 Å². The van der Waals surface area contributed by atoms with Crippen molar-refractivity contribution in [3.63, 3.8) is 0 Å². The molecule has 0 spiro atoms. The highest BCUT2D eigenvalue weighted by Crippen LogP contribution is 2.39. The molecule has 0 saturated carbocycles. The van der Waals surface area contributed by atoms with Crippen LogP contribution in [0.4, 0.5) is 0 Å². The highest BCUT2D eigenvalue weighted by atomic mass is 32.2. The molecule has 1 N–H and O–H groups in total. The fourth-order valence-corrected chi connectivity index (χ4v) is 3.25. The van der Waals surface area contributed by atoms with Gasteiger partial charge in [-0.2, -0.15) is 4.98 Å². The fraction of sp³-hybridized carbons (Fsp3) is 0.500. The summed E-state index contributed by atoms with van der Waals surface area (Å²) < 4.78 is 5.52. The summed E-state index contributed by atoms with van der Waals surface area (Å²) in [5, 5.41) is 7.66. The molecule has 1 unspecified atom stereocenters. The maximum Gasteiger partial charge on any atom is 0.244 e. The number of hydrogen-bond donors (Lipinski definition) is 1. The number of aromatic nitrogens is 2. The van der Waals surface area contributed by atoms with E-state index in [0.717, 1.165) is 12.1 Å². The normalized spacial score (nSPS) is 21.4. The molecule has 1 atom stereocenters. The van der Waals surface area contributed by atoms with E-state index in [4.69, 9.17) is 4.52 Å². The van der Waals surface area contributed by atoms with Crippen LogP contribution in [-0.2, 0) is 0 Å². The Bertz CT molecular complexity index is 606. The molecule has 0 radical (unpaired) electrons. The number of nitrogens with zero attached hydrogens (tertiary/aromatic N) is 2. The van der Waals surface area contributed by atoms with Crippen molar-refractivity contribution in [2.24, 2.45) is 5.41 Å². The van der Waals surface area contributed by atoms with E-state index in [1.54, 1.807) is 11.8 Å². The highest BCUT2D eigenvalue weighted by Gasteiger charge is 2.37. The summed E-state index contributed by atoms with van der Waals surface area (Å²) in [5.41, 5.74) is 1.14. The number of nitrogens with one attached hydrogen (secondary N) is 1. The van der Waals surface area contributed by atoms with Gasteiger partial charge in [-0.3, -0.25) is 0 Å². The Morgan fingerprint density at radius 3 is 2.71 bits per heavy atom. The molecule has 1 aliphatic heterocycles. The van der Waals surface area contributed by atoms with E-state index in [2.05, 4.69) is 47.7 Å². The third-order valence-electron chi connectivity index (χ3n) is 4.16. The first-order valence-corrected chi connectivity index (χ1v) is 8.54. The Kier molecular flexibility index (Phi) is 4.04. The van der Waals surface area contributed by atoms with E-state index >= 15 is 0 Å². The van der Waals surface area contributed by atoms with Crippen LogP contribution in [0.3, 0.4) is 0 Å². The zero-order valence-corrected chi connectivity index (χ0v) is 13.5. The maximum absolute atomic E-state index is 5.52. The lowest BCUT2D eigenvalue weighted by Crippen LogP contribution is -2.39. The second-order valence-corrected chi connectivity index (χ2v) is 7.04. The van der Waals surface area contributed by atoms with E-state index in [9.17, 15) is 0 Å². The number of thioether (sulfide) groups is 1. The molecule has 5 heteroatoms. The van der Waals surface area contributed by atoms with Crippen LogP contribution in [0, 0.1) is 5.41 Å². The first-order valence-electron chi connectivity index (χ1n) is 7.31. The molecule has 0 bridgehead atoms. The smallest absolute Gasteiger partial charge is 0.244 e. The van der Waals surface area contributed by atoms with Gasteiger partial charge in [-0.25, -0.2) is 0 Å². The third-order valence-corrected chi connectivity index (χ3v) is 4.91. The molecule has 2 aromatic rings. The van der Waals surface area contributed by atoms with Gasteiger partial charge in [0.25, 0.3) is 0 Å². The molecule has 0 amide bonds. The second kappa shape index (κ2) is 5.81. The van der Waals surface area contributed by atoms with Crippen LogP contribution in [0.15, 0.2) is 33.7 Å². The molecule has 0 aliphatic carbocycles. The Morgan fingerprint density at radius 2 is 2.05 bits per heavy atom. The maximum atomic E-state index is 5.52. The molecule has 3 rings (SSSR count). The largest absolute Gasteiger partial charge is 0.337 e. The lowest BCUT2D eigenvalue weighted by Gasteiger charge is -2.36. The van der Waals surface area contributed by atoms with Crippen LogP contribution in [-0.4, -0.2) is 22.9 Å². The standard InChI is InChI=1S/C16H21N3OS/c1-16(2)9-4-10-17-13(16)15-18-14(19-20-15)11-5-7-12(21-3)8-6-11/h5-8,13,17H,4,9-10H2,1-3H3. The van der Waals surface area contributed by atoms with Crippen LogP contribution in [0.25, 0.3) is 11.4 Å². The topological polar surface area (TPSA) is 51.0 Å². The van der Waals surface area contributed by atoms with Gasteiger partial charge in [-0.1, -0.05) is 19.0 Å². The number of rotatable bonds is 3. The summed E-state index contributed by atoms with van der Waals surface area (Å²) in [6, 6.07) is 8.38. The Labute approximate surface area is 129 Å². The van der Waals surface area contributed by atoms with Crippen molar-refractivity contribution in [2.45, 2.75) is 37.6 Å². The molecular weight excluding hydrogens is 282 g/mol. The molecule has 1 aromatic carbocycles. The van der Waals surface area contributed by atoms with Gasteiger partial charge < -0.3 is 9.84 Å². The van der Waals surface area contributed by atoms with E-state index < -0.39 is 0 Å². The Balaban J connectivity index is 1.85. The molecule has 21 heavy (non-hydrogen) atoms. The summed E-state index contributed by atoms with van der Waals surface area (Å²) >= 11 is 1.73. The molecule has 1 aromatic heterocycles. The van der Waals surface area contributed by atoms with Crippen LogP contribution in [0.2, 0.25) is 0 Å². The molecule has 1 saturated heterocycles. The van der Waals surface area contributed by atoms with Gasteiger partial charge in [0.15, 0.2) is 0 Å². The van der Waals surface area contributed by atoms with Gasteiger partial charge in [0, 0.05) is 10.5 Å². The lowest BCUT2D eigenvalue weighted by molar-refractivity contribution is 0.146. The zero-order valence-electron chi connectivity index (χ0n) is 12.7. The molecule has 4 nitrogen and oxygen atoms in total. The van der Waals surface area contributed by atoms with Crippen LogP contribution in [0.5, 0.6) is 0 Å². The lowest BCUT2D eigenvalue weighted by atomic mass is 9.77. The van der Waals surface area contributed by atoms with E-state index in [1.807, 2.05) is 12.1 Å². The Morgan fingerprint density at radius 1 is 1.29 bits per heavy atom. The van der Waals surface area contributed by atoms with E-state index in [0.29, 0.717) is 11.7 Å². The van der Waals surface area contributed by atoms with Crippen molar-refractivity contribution in [3.8, 4) is 11.4 Å². The summed E-state index contributed by atoms with van der Waals surface area (Å²) in [4.78, 5) is 5.84. The first-order chi connectivity index (χ1) is 10.1. The average Bonchev–Trinajstić information content (AvgIpc) is 2.96. The fourth-order valence-electron chi connectivity index (χ4n) is 2.84. The van der Waals surface area contributed by atoms with Crippen molar-refractivity contribution in [1.29, 1.82) is 0 Å². The van der Waals surface area contributed by atoms with Crippen molar-refractivity contribution in [1.82, 2.24) is 15.5 Å². The van der Waals surface area contributed by atoms with Gasteiger partial charge in [-0.05, 0) is 55.3 Å². The van der Waals surface area contributed by atoms with Gasteiger partial charge in [0.05, 0.1) is 6.04 Å². The van der Waals surface area contributed by atoms with Gasteiger partial charge >= 0.3 is 0 Å². The summed E-state index contributed by atoms with van der Waals surface area (Å²) in [5.74, 6) is 1.37. The zero-order chi connectivity index (χ0) is 14.9. The second-order valence-electron chi connectivity index (χ2n) is 6.16. The minimum Gasteiger partial charge on any atom is -0.337 e. The van der Waals surface area contributed by atoms with Crippen molar-refractivity contribution in [3.05, 3.63) is 30.2 Å². The highest BCUT2D eigenvalue weighted by molar-refractivity contribution is 7.98. The monoisotopic (exact) mass is 303 g/mol. The summed E-state index contributed by atoms with van der Waals surface area (Å²) in [6.07, 6.45) is 4.43. The van der Waals surface area contributed by atoms with Gasteiger partial charge in [0.1, 0.15) is 0 Å². The van der Waals surface area contributed by atoms with Gasteiger partial charge in [0.2, 0.25) is 11.7 Å². The minimum absolute atomic E-state index is 0.137. The number of hydrogen-bond acceptors (Lipinski definition) is 5. The molecule has 2 heterocycles. The average molecular weight is 303 g/mol. The van der Waals surface area contributed by atoms with Crippen LogP contribution >= 0.6 is 11.8 Å². The third kappa shape index (κ3) is 2.99. The molecule has 1 aliphatic rings. The molecule has 112 valence electrons.